The van der Waals surface area contributed by atoms with Crippen LogP contribution in [0.15, 0.2) is 0 Å². The van der Waals surface area contributed by atoms with Crippen LogP contribution in [0, 0.1) is 5.41 Å². The van der Waals surface area contributed by atoms with Crippen LogP contribution in [0.25, 0.3) is 0 Å². The number of halogens is 2. The van der Waals surface area contributed by atoms with E-state index in [-0.39, 0.29) is 16.0 Å². The Morgan fingerprint density at radius 3 is 2.18 bits per heavy atom. The summed E-state index contributed by atoms with van der Waals surface area (Å²) in [5, 5.41) is -0.287. The van der Waals surface area contributed by atoms with Crippen molar-refractivity contribution in [3.63, 3.8) is 0 Å². The number of rotatable bonds is 3. The molecule has 0 heterocycles. The Morgan fingerprint density at radius 2 is 1.91 bits per heavy atom. The molecule has 0 spiro atoms. The number of hydrogen-bond acceptors (Lipinski definition) is 1. The maximum Gasteiger partial charge on any atom is 0.221 e. The minimum absolute atomic E-state index is 0.0187. The molecule has 1 atom stereocenters. The first-order valence-corrected chi connectivity index (χ1v) is 4.48. The van der Waals surface area contributed by atoms with E-state index in [1.807, 2.05) is 20.8 Å². The molecular weight excluding hydrogens is 183 g/mol. The molecule has 0 fully saturated rings. The second-order valence-corrected chi connectivity index (χ2v) is 4.68. The molecule has 1 unspecified atom stereocenters. The van der Waals surface area contributed by atoms with Gasteiger partial charge in [0.2, 0.25) is 5.24 Å². The zero-order valence-electron chi connectivity index (χ0n) is 7.16. The highest BCUT2D eigenvalue weighted by Crippen LogP contribution is 2.27. The summed E-state index contributed by atoms with van der Waals surface area (Å²) in [5.41, 5.74) is 0.0495. The van der Waals surface area contributed by atoms with Gasteiger partial charge in [-0.2, -0.15) is 0 Å². The third-order valence-electron chi connectivity index (χ3n) is 1.53. The van der Waals surface area contributed by atoms with Gasteiger partial charge in [0.05, 0.1) is 0 Å². The maximum atomic E-state index is 10.4. The fourth-order valence-electron chi connectivity index (χ4n) is 0.673. The summed E-state index contributed by atoms with van der Waals surface area (Å²) in [4.78, 5) is 10.4. The summed E-state index contributed by atoms with van der Waals surface area (Å²) >= 11 is 11.2. The van der Waals surface area contributed by atoms with E-state index in [1.165, 1.54) is 0 Å². The van der Waals surface area contributed by atoms with Crippen LogP contribution in [0.4, 0.5) is 0 Å². The highest BCUT2D eigenvalue weighted by molar-refractivity contribution is 6.63. The van der Waals surface area contributed by atoms with Gasteiger partial charge in [-0.3, -0.25) is 4.79 Å². The first-order valence-electron chi connectivity index (χ1n) is 3.66. The van der Waals surface area contributed by atoms with E-state index in [9.17, 15) is 4.79 Å². The quantitative estimate of drug-likeness (QED) is 0.501. The zero-order valence-corrected chi connectivity index (χ0v) is 8.67. The van der Waals surface area contributed by atoms with Crippen molar-refractivity contribution < 1.29 is 4.79 Å². The highest BCUT2D eigenvalue weighted by Gasteiger charge is 2.22. The fraction of sp³-hybridized carbons (Fsp3) is 0.875. The van der Waals surface area contributed by atoms with Gasteiger partial charge in [-0.15, -0.1) is 11.6 Å². The minimum Gasteiger partial charge on any atom is -0.281 e. The minimum atomic E-state index is -0.306. The Labute approximate surface area is 78.1 Å². The molecule has 0 aliphatic carbocycles. The topological polar surface area (TPSA) is 17.1 Å². The molecule has 0 aromatic rings. The van der Waals surface area contributed by atoms with Crippen molar-refractivity contribution in [2.45, 2.75) is 39.0 Å². The van der Waals surface area contributed by atoms with Gasteiger partial charge in [0.25, 0.3) is 0 Å². The van der Waals surface area contributed by atoms with Crippen LogP contribution in [0.1, 0.15) is 33.6 Å². The molecule has 0 N–H and O–H groups in total. The Balaban J connectivity index is 3.70. The molecule has 0 radical (unpaired) electrons. The largest absolute Gasteiger partial charge is 0.281 e. The number of carbonyl (C=O) groups is 1. The molecule has 0 bridgehead atoms. The summed E-state index contributed by atoms with van der Waals surface area (Å²) < 4.78 is 0. The molecule has 0 saturated carbocycles. The molecule has 66 valence electrons. The van der Waals surface area contributed by atoms with Crippen LogP contribution >= 0.6 is 23.2 Å². The molecule has 0 aliphatic rings. The molecule has 0 aromatic carbocycles. The van der Waals surface area contributed by atoms with Crippen LogP contribution in [0.2, 0.25) is 0 Å². The summed E-state index contributed by atoms with van der Waals surface area (Å²) in [6.07, 6.45) is 1.03. The maximum absolute atomic E-state index is 10.4. The van der Waals surface area contributed by atoms with E-state index >= 15 is 0 Å². The average Bonchev–Trinajstić information content (AvgIpc) is 1.80. The molecule has 1 nitrogen and oxygen atoms in total. The summed E-state index contributed by atoms with van der Waals surface area (Å²) in [6, 6.07) is 0. The molecule has 0 amide bonds. The fourth-order valence-corrected chi connectivity index (χ4v) is 0.891. The second kappa shape index (κ2) is 4.32. The predicted molar refractivity (Wildman–Crippen MR) is 49.2 cm³/mol. The van der Waals surface area contributed by atoms with Crippen molar-refractivity contribution in [2.75, 3.05) is 0 Å². The monoisotopic (exact) mass is 196 g/mol. The lowest BCUT2D eigenvalue weighted by atomic mass is 9.89. The van der Waals surface area contributed by atoms with Gasteiger partial charge in [-0.25, -0.2) is 0 Å². The van der Waals surface area contributed by atoms with Gasteiger partial charge < -0.3 is 0 Å². The SMILES string of the molecule is CC(C)(C)C(Cl)CCC(=O)Cl. The average molecular weight is 197 g/mol. The lowest BCUT2D eigenvalue weighted by Crippen LogP contribution is -2.20. The number of alkyl halides is 1. The van der Waals surface area contributed by atoms with Crippen molar-refractivity contribution in [2.24, 2.45) is 5.41 Å². The molecule has 0 aromatic heterocycles. The van der Waals surface area contributed by atoms with Crippen molar-refractivity contribution >= 4 is 28.4 Å². The van der Waals surface area contributed by atoms with Gasteiger partial charge in [-0.05, 0) is 23.4 Å². The van der Waals surface area contributed by atoms with E-state index in [0.717, 1.165) is 0 Å². The van der Waals surface area contributed by atoms with Crippen LogP contribution in [0.5, 0.6) is 0 Å². The standard InChI is InChI=1S/C8H14Cl2O/c1-8(2,3)6(9)4-5-7(10)11/h6H,4-5H2,1-3H3. The third-order valence-corrected chi connectivity index (χ3v) is 2.60. The van der Waals surface area contributed by atoms with E-state index in [4.69, 9.17) is 23.2 Å². The first kappa shape index (κ1) is 11.2. The first-order chi connectivity index (χ1) is 4.84. The van der Waals surface area contributed by atoms with Crippen LogP contribution in [0.3, 0.4) is 0 Å². The Morgan fingerprint density at radius 1 is 1.45 bits per heavy atom. The van der Waals surface area contributed by atoms with Gasteiger partial charge in [0.1, 0.15) is 0 Å². The molecule has 11 heavy (non-hydrogen) atoms. The zero-order chi connectivity index (χ0) is 9.07. The smallest absolute Gasteiger partial charge is 0.221 e. The third kappa shape index (κ3) is 5.51. The van der Waals surface area contributed by atoms with Crippen molar-refractivity contribution in [3.8, 4) is 0 Å². The van der Waals surface area contributed by atoms with Gasteiger partial charge in [0.15, 0.2) is 0 Å². The second-order valence-electron chi connectivity index (χ2n) is 3.73. The lowest BCUT2D eigenvalue weighted by molar-refractivity contribution is -0.111. The van der Waals surface area contributed by atoms with Crippen LogP contribution < -0.4 is 0 Å². The molecule has 0 saturated heterocycles. The Hall–Kier alpha value is 0.250. The lowest BCUT2D eigenvalue weighted by Gasteiger charge is -2.24. The predicted octanol–water partition coefficient (Wildman–Crippen LogP) is 3.19. The number of carbonyl (C=O) groups excluding carboxylic acids is 1. The van der Waals surface area contributed by atoms with Gasteiger partial charge in [-0.1, -0.05) is 20.8 Å². The summed E-state index contributed by atoms with van der Waals surface area (Å²) in [6.45, 7) is 6.14. The molecular formula is C8H14Cl2O. The highest BCUT2D eigenvalue weighted by atomic mass is 35.5. The Kier molecular flexibility index (Phi) is 4.42. The van der Waals surface area contributed by atoms with E-state index in [0.29, 0.717) is 12.8 Å². The number of hydrogen-bond donors (Lipinski definition) is 0. The van der Waals surface area contributed by atoms with Crippen molar-refractivity contribution in [1.29, 1.82) is 0 Å². The normalized spacial score (nSPS) is 14.6. The summed E-state index contributed by atoms with van der Waals surface area (Å²) in [5.74, 6) is 0. The molecule has 0 aliphatic heterocycles. The van der Waals surface area contributed by atoms with E-state index in [2.05, 4.69) is 0 Å². The van der Waals surface area contributed by atoms with Crippen molar-refractivity contribution in [1.82, 2.24) is 0 Å². The van der Waals surface area contributed by atoms with E-state index < -0.39 is 0 Å². The van der Waals surface area contributed by atoms with Gasteiger partial charge in [0, 0.05) is 11.8 Å². The Bertz CT molecular complexity index is 138. The van der Waals surface area contributed by atoms with Crippen LogP contribution in [-0.2, 0) is 4.79 Å². The van der Waals surface area contributed by atoms with Crippen LogP contribution in [-0.4, -0.2) is 10.6 Å². The van der Waals surface area contributed by atoms with E-state index in [1.54, 1.807) is 0 Å². The molecule has 0 rings (SSSR count). The summed E-state index contributed by atoms with van der Waals surface area (Å²) in [7, 11) is 0. The molecule has 3 heteroatoms. The van der Waals surface area contributed by atoms with Crippen molar-refractivity contribution in [3.05, 3.63) is 0 Å². The van der Waals surface area contributed by atoms with Gasteiger partial charge >= 0.3 is 0 Å².